The highest BCUT2D eigenvalue weighted by Crippen LogP contribution is 2.19. The summed E-state index contributed by atoms with van der Waals surface area (Å²) in [5, 5.41) is 1.69. The molecule has 1 aliphatic heterocycles. The van der Waals surface area contributed by atoms with Crippen molar-refractivity contribution in [3.05, 3.63) is 29.1 Å². The summed E-state index contributed by atoms with van der Waals surface area (Å²) in [5.74, 6) is -0.440. The first kappa shape index (κ1) is 15.4. The lowest BCUT2D eigenvalue weighted by atomic mass is 10.1. The lowest BCUT2D eigenvalue weighted by Crippen LogP contribution is -2.44. The van der Waals surface area contributed by atoms with Crippen molar-refractivity contribution in [3.63, 3.8) is 0 Å². The summed E-state index contributed by atoms with van der Waals surface area (Å²) in [6.07, 6.45) is 3.06. The van der Waals surface area contributed by atoms with E-state index < -0.39 is 15.8 Å². The summed E-state index contributed by atoms with van der Waals surface area (Å²) in [5.41, 5.74) is 5.95. The van der Waals surface area contributed by atoms with Gasteiger partial charge in [-0.25, -0.2) is 17.8 Å². The Morgan fingerprint density at radius 1 is 1.30 bits per heavy atom. The first-order valence-electron chi connectivity index (χ1n) is 6.70. The molecule has 0 bridgehead atoms. The fourth-order valence-electron chi connectivity index (χ4n) is 2.32. The number of benzene rings is 1. The Balaban J connectivity index is 2.26. The number of nitrogens with zero attached hydrogens (tertiary/aromatic N) is 1. The molecule has 1 saturated heterocycles. The lowest BCUT2D eigenvalue weighted by molar-refractivity contribution is 0.200. The van der Waals surface area contributed by atoms with Gasteiger partial charge in [0.05, 0.1) is 4.90 Å². The summed E-state index contributed by atoms with van der Waals surface area (Å²) in [6, 6.07) is 2.63. The second-order valence-electron chi connectivity index (χ2n) is 5.06. The molecule has 0 spiro atoms. The van der Waals surface area contributed by atoms with Crippen LogP contribution < -0.4 is 10.6 Å². The molecule has 2 rings (SSSR count). The maximum atomic E-state index is 13.7. The number of nitrogens with one attached hydrogen (secondary N) is 1. The third kappa shape index (κ3) is 3.35. The van der Waals surface area contributed by atoms with Crippen LogP contribution in [0.5, 0.6) is 0 Å². The summed E-state index contributed by atoms with van der Waals surface area (Å²) < 4.78 is 38.4. The molecule has 1 aromatic carbocycles. The molecule has 3 N–H and O–H groups in total. The Morgan fingerprint density at radius 3 is 2.55 bits per heavy atom. The zero-order chi connectivity index (χ0) is 14.8. The summed E-state index contributed by atoms with van der Waals surface area (Å²) in [6.45, 7) is 2.90. The van der Waals surface area contributed by atoms with Gasteiger partial charge in [-0.15, -0.1) is 4.83 Å². The number of halogens is 1. The number of aryl methyl sites for hydroxylation is 1. The van der Waals surface area contributed by atoms with Crippen LogP contribution >= 0.6 is 0 Å². The minimum absolute atomic E-state index is 0.0280. The predicted octanol–water partition coefficient (Wildman–Crippen LogP) is 1.27. The van der Waals surface area contributed by atoms with Gasteiger partial charge in [0.25, 0.3) is 10.0 Å². The van der Waals surface area contributed by atoms with Crippen LogP contribution in [0, 0.1) is 12.7 Å². The van der Waals surface area contributed by atoms with E-state index >= 15 is 0 Å². The Labute approximate surface area is 119 Å². The zero-order valence-electron chi connectivity index (χ0n) is 11.5. The van der Waals surface area contributed by atoms with Gasteiger partial charge in [-0.3, -0.25) is 0 Å². The van der Waals surface area contributed by atoms with Crippen LogP contribution in [0.3, 0.4) is 0 Å². The summed E-state index contributed by atoms with van der Waals surface area (Å²) >= 11 is 0. The van der Waals surface area contributed by atoms with Crippen LogP contribution in [-0.2, 0) is 16.6 Å². The largest absolute Gasteiger partial charge is 0.326 e. The van der Waals surface area contributed by atoms with E-state index in [-0.39, 0.29) is 22.6 Å². The number of hydrazine groups is 1. The maximum Gasteiger partial charge on any atom is 0.253 e. The van der Waals surface area contributed by atoms with Gasteiger partial charge >= 0.3 is 0 Å². The molecule has 0 radical (unpaired) electrons. The summed E-state index contributed by atoms with van der Waals surface area (Å²) in [4.78, 5) is 2.61. The highest BCUT2D eigenvalue weighted by Gasteiger charge is 2.21. The second-order valence-corrected chi connectivity index (χ2v) is 6.72. The van der Waals surface area contributed by atoms with E-state index in [9.17, 15) is 12.8 Å². The number of nitrogens with two attached hydrogens (primary N) is 1. The van der Waals surface area contributed by atoms with Gasteiger partial charge in [0, 0.05) is 25.2 Å². The molecule has 1 fully saturated rings. The van der Waals surface area contributed by atoms with Crippen LogP contribution in [0.25, 0.3) is 0 Å². The van der Waals surface area contributed by atoms with E-state index in [1.807, 2.05) is 0 Å². The van der Waals surface area contributed by atoms with Crippen LogP contribution in [0.2, 0.25) is 0 Å². The topological polar surface area (TPSA) is 75.4 Å². The Hall–Kier alpha value is -1.02. The van der Waals surface area contributed by atoms with E-state index in [4.69, 9.17) is 5.73 Å². The zero-order valence-corrected chi connectivity index (χ0v) is 12.3. The van der Waals surface area contributed by atoms with E-state index in [0.29, 0.717) is 13.1 Å². The third-order valence-corrected chi connectivity index (χ3v) is 4.79. The van der Waals surface area contributed by atoms with Crippen LogP contribution in [0.4, 0.5) is 4.39 Å². The number of rotatable bonds is 4. The molecule has 0 saturated carbocycles. The second kappa shape index (κ2) is 6.17. The number of sulfonamides is 1. The Bertz CT molecular complexity index is 584. The molecule has 1 aromatic rings. The molecule has 1 heterocycles. The minimum Gasteiger partial charge on any atom is -0.326 e. The highest BCUT2D eigenvalue weighted by atomic mass is 32.2. The minimum atomic E-state index is -3.68. The molecule has 1 aliphatic rings. The molecule has 0 atom stereocenters. The van der Waals surface area contributed by atoms with Gasteiger partial charge in [0.1, 0.15) is 5.82 Å². The Kier molecular flexibility index (Phi) is 4.74. The Morgan fingerprint density at radius 2 is 1.95 bits per heavy atom. The van der Waals surface area contributed by atoms with Gasteiger partial charge in [-0.1, -0.05) is 6.42 Å². The van der Waals surface area contributed by atoms with Gasteiger partial charge in [-0.2, -0.15) is 0 Å². The average Bonchev–Trinajstić information content (AvgIpc) is 2.42. The number of hydrogen-bond acceptors (Lipinski definition) is 4. The van der Waals surface area contributed by atoms with Gasteiger partial charge in [0.15, 0.2) is 0 Å². The molecular weight excluding hydrogens is 281 g/mol. The average molecular weight is 301 g/mol. The number of hydrogen-bond donors (Lipinski definition) is 2. The first-order chi connectivity index (χ1) is 9.44. The van der Waals surface area contributed by atoms with Crippen molar-refractivity contribution < 1.29 is 12.8 Å². The lowest BCUT2D eigenvalue weighted by Gasteiger charge is -2.26. The van der Waals surface area contributed by atoms with E-state index in [1.54, 1.807) is 5.01 Å². The SMILES string of the molecule is Cc1cc(S(=O)(=O)NN2CCCCC2)cc(CN)c1F. The smallest absolute Gasteiger partial charge is 0.253 e. The first-order valence-corrected chi connectivity index (χ1v) is 8.19. The van der Waals surface area contributed by atoms with Gasteiger partial charge in [0.2, 0.25) is 0 Å². The molecule has 5 nitrogen and oxygen atoms in total. The van der Waals surface area contributed by atoms with Crippen LogP contribution in [0.15, 0.2) is 17.0 Å². The predicted molar refractivity (Wildman–Crippen MR) is 74.8 cm³/mol. The van der Waals surface area contributed by atoms with Crippen molar-refractivity contribution in [2.75, 3.05) is 13.1 Å². The van der Waals surface area contributed by atoms with Crippen molar-refractivity contribution in [3.8, 4) is 0 Å². The maximum absolute atomic E-state index is 13.7. The fourth-order valence-corrected chi connectivity index (χ4v) is 3.58. The standard InChI is InChI=1S/C13H20FN3O2S/c1-10-7-12(8-11(9-15)13(10)14)20(18,19)16-17-5-3-2-4-6-17/h7-8,16H,2-6,9,15H2,1H3. The van der Waals surface area contributed by atoms with E-state index in [0.717, 1.165) is 19.3 Å². The third-order valence-electron chi connectivity index (χ3n) is 3.44. The van der Waals surface area contributed by atoms with Gasteiger partial charge < -0.3 is 5.73 Å². The molecule has 0 amide bonds. The quantitative estimate of drug-likeness (QED) is 0.878. The molecule has 7 heteroatoms. The summed E-state index contributed by atoms with van der Waals surface area (Å²) in [7, 11) is -3.68. The molecule has 0 aliphatic carbocycles. The van der Waals surface area contributed by atoms with Crippen LogP contribution in [0.1, 0.15) is 30.4 Å². The van der Waals surface area contributed by atoms with Crippen LogP contribution in [-0.4, -0.2) is 26.5 Å². The van der Waals surface area contributed by atoms with Crippen molar-refractivity contribution in [1.29, 1.82) is 0 Å². The molecule has 0 aromatic heterocycles. The van der Waals surface area contributed by atoms with E-state index in [1.165, 1.54) is 19.1 Å². The van der Waals surface area contributed by atoms with Crippen molar-refractivity contribution >= 4 is 10.0 Å². The van der Waals surface area contributed by atoms with Crippen molar-refractivity contribution in [1.82, 2.24) is 9.84 Å². The monoisotopic (exact) mass is 301 g/mol. The fraction of sp³-hybridized carbons (Fsp3) is 0.538. The number of piperidine rings is 1. The molecular formula is C13H20FN3O2S. The van der Waals surface area contributed by atoms with E-state index in [2.05, 4.69) is 4.83 Å². The van der Waals surface area contributed by atoms with Gasteiger partial charge in [-0.05, 0) is 37.5 Å². The molecule has 20 heavy (non-hydrogen) atoms. The molecule has 0 unspecified atom stereocenters. The molecule has 112 valence electrons. The normalized spacial score (nSPS) is 17.4. The van der Waals surface area contributed by atoms with Crippen molar-refractivity contribution in [2.45, 2.75) is 37.6 Å². The van der Waals surface area contributed by atoms with Crippen molar-refractivity contribution in [2.24, 2.45) is 5.73 Å². The highest BCUT2D eigenvalue weighted by molar-refractivity contribution is 7.89.